The summed E-state index contributed by atoms with van der Waals surface area (Å²) in [6.45, 7) is 6.52. The van der Waals surface area contributed by atoms with Gasteiger partial charge in [-0.05, 0) is 86.7 Å². The zero-order valence-corrected chi connectivity index (χ0v) is 22.2. The van der Waals surface area contributed by atoms with Crippen molar-refractivity contribution >= 4 is 16.9 Å². The van der Waals surface area contributed by atoms with E-state index in [2.05, 4.69) is 48.1 Å². The molecule has 0 saturated carbocycles. The number of fused-ring (bicyclic) bond motifs is 1. The Bertz CT molecular complexity index is 1410. The van der Waals surface area contributed by atoms with Crippen molar-refractivity contribution in [1.82, 2.24) is 19.8 Å². The Morgan fingerprint density at radius 2 is 1.92 bits per heavy atom. The van der Waals surface area contributed by atoms with Gasteiger partial charge in [0.1, 0.15) is 5.65 Å². The van der Waals surface area contributed by atoms with Crippen LogP contribution in [-0.2, 0) is 0 Å². The number of hydrogen-bond acceptors (Lipinski definition) is 4. The third-order valence-corrected chi connectivity index (χ3v) is 7.53. The van der Waals surface area contributed by atoms with Crippen molar-refractivity contribution in [3.05, 3.63) is 77.6 Å². The highest BCUT2D eigenvalue weighted by Crippen LogP contribution is 2.34. The lowest BCUT2D eigenvalue weighted by molar-refractivity contribution is 0.0703. The Morgan fingerprint density at radius 1 is 1.16 bits per heavy atom. The molecule has 2 N–H and O–H groups in total. The first kappa shape index (κ1) is 25.2. The summed E-state index contributed by atoms with van der Waals surface area (Å²) in [6.07, 6.45) is 5.87. The predicted molar refractivity (Wildman–Crippen MR) is 150 cm³/mol. The molecule has 1 aliphatic rings. The van der Waals surface area contributed by atoms with E-state index in [9.17, 15) is 9.90 Å². The molecule has 0 bridgehead atoms. The Hall–Kier alpha value is -3.48. The van der Waals surface area contributed by atoms with Crippen molar-refractivity contribution in [2.24, 2.45) is 0 Å². The maximum atomic E-state index is 12.7. The van der Waals surface area contributed by atoms with E-state index in [-0.39, 0.29) is 5.91 Å². The number of aromatic nitrogens is 2. The summed E-state index contributed by atoms with van der Waals surface area (Å²) in [5.74, 6) is 0.500. The van der Waals surface area contributed by atoms with E-state index in [0.717, 1.165) is 34.3 Å². The molecule has 1 aliphatic heterocycles. The second kappa shape index (κ2) is 10.5. The largest absolute Gasteiger partial charge is 0.392 e. The lowest BCUT2D eigenvalue weighted by Crippen LogP contribution is -2.32. The Labute approximate surface area is 219 Å². The molecular weight excluding hydrogens is 460 g/mol. The molecule has 1 fully saturated rings. The lowest BCUT2D eigenvalue weighted by Gasteiger charge is -2.31. The fourth-order valence-electron chi connectivity index (χ4n) is 5.63. The van der Waals surface area contributed by atoms with Crippen LogP contribution in [0.3, 0.4) is 0 Å². The van der Waals surface area contributed by atoms with E-state index >= 15 is 0 Å². The van der Waals surface area contributed by atoms with Crippen LogP contribution in [0.15, 0.2) is 60.9 Å². The molecule has 0 unspecified atom stereocenters. The molecule has 6 heteroatoms. The monoisotopic (exact) mass is 496 g/mol. The smallest absolute Gasteiger partial charge is 0.253 e. The van der Waals surface area contributed by atoms with Crippen LogP contribution in [-0.4, -0.2) is 70.6 Å². The highest BCUT2D eigenvalue weighted by Gasteiger charge is 2.21. The summed E-state index contributed by atoms with van der Waals surface area (Å²) in [6, 6.07) is 16.7. The van der Waals surface area contributed by atoms with E-state index < -0.39 is 6.10 Å². The first-order valence-corrected chi connectivity index (χ1v) is 13.1. The van der Waals surface area contributed by atoms with Gasteiger partial charge in [0.2, 0.25) is 0 Å². The van der Waals surface area contributed by atoms with Gasteiger partial charge in [-0.3, -0.25) is 4.79 Å². The molecule has 2 atom stereocenters. The fraction of sp³-hybridized carbons (Fsp3) is 0.355. The predicted octanol–water partition coefficient (Wildman–Crippen LogP) is 5.47. The van der Waals surface area contributed by atoms with Crippen molar-refractivity contribution in [1.29, 1.82) is 0 Å². The maximum Gasteiger partial charge on any atom is 0.253 e. The van der Waals surface area contributed by atoms with Crippen molar-refractivity contribution in [2.45, 2.75) is 38.7 Å². The number of hydrogen-bond donors (Lipinski definition) is 2. The van der Waals surface area contributed by atoms with Crippen LogP contribution in [0, 0.1) is 6.92 Å². The molecule has 6 nitrogen and oxygen atoms in total. The minimum Gasteiger partial charge on any atom is -0.392 e. The third kappa shape index (κ3) is 5.31. The van der Waals surface area contributed by atoms with E-state index in [0.29, 0.717) is 18.0 Å². The van der Waals surface area contributed by atoms with Crippen molar-refractivity contribution < 1.29 is 9.90 Å². The molecule has 0 aliphatic carbocycles. The number of likely N-dealkylation sites (tertiary alicyclic amines) is 1. The maximum absolute atomic E-state index is 12.7. The van der Waals surface area contributed by atoms with Gasteiger partial charge in [-0.1, -0.05) is 30.3 Å². The standard InChI is InChI=1S/C31H36N4O2/c1-20-14-24(11-12-27(20)25-6-5-13-34(3)19-25)26-15-28-29(17-33-30(28)32-16-26)22-7-9-23(10-8-22)31(37)35(4)18-21(2)36/h7-12,14-17,21,25,36H,5-6,13,18-19H2,1-4H3,(H,32,33)/t21-,25-/m0/s1. The SMILES string of the molecule is Cc1cc(-c2cnc3[nH]cc(-c4ccc(C(=O)N(C)C[C@H](C)O)cc4)c3c2)ccc1[C@H]1CCCN(C)C1. The number of nitrogens with zero attached hydrogens (tertiary/aromatic N) is 3. The topological polar surface area (TPSA) is 72.5 Å². The number of H-pyrrole nitrogens is 1. The summed E-state index contributed by atoms with van der Waals surface area (Å²) in [5.41, 5.74) is 8.59. The van der Waals surface area contributed by atoms with Gasteiger partial charge in [-0.2, -0.15) is 0 Å². The number of aliphatic hydroxyl groups is 1. The lowest BCUT2D eigenvalue weighted by atomic mass is 9.87. The molecule has 1 saturated heterocycles. The number of carbonyl (C=O) groups is 1. The summed E-state index contributed by atoms with van der Waals surface area (Å²) in [7, 11) is 3.92. The number of piperidine rings is 1. The van der Waals surface area contributed by atoms with Gasteiger partial charge in [0.05, 0.1) is 6.10 Å². The highest BCUT2D eigenvalue weighted by molar-refractivity contribution is 5.98. The number of aryl methyl sites for hydroxylation is 1. The number of aromatic amines is 1. The number of pyridine rings is 1. The van der Waals surface area contributed by atoms with Crippen LogP contribution in [0.2, 0.25) is 0 Å². The van der Waals surface area contributed by atoms with Crippen LogP contribution in [0.1, 0.15) is 47.2 Å². The molecule has 4 aromatic rings. The van der Waals surface area contributed by atoms with Crippen LogP contribution in [0.25, 0.3) is 33.3 Å². The van der Waals surface area contributed by atoms with Gasteiger partial charge in [0.15, 0.2) is 0 Å². The van der Waals surface area contributed by atoms with E-state index in [1.54, 1.807) is 18.9 Å². The number of amides is 1. The number of aliphatic hydroxyl groups excluding tert-OH is 1. The zero-order valence-electron chi connectivity index (χ0n) is 22.2. The summed E-state index contributed by atoms with van der Waals surface area (Å²) >= 11 is 0. The summed E-state index contributed by atoms with van der Waals surface area (Å²) in [4.78, 5) is 24.6. The van der Waals surface area contributed by atoms with Crippen LogP contribution >= 0.6 is 0 Å². The molecule has 1 amide bonds. The van der Waals surface area contributed by atoms with Crippen LogP contribution in [0.4, 0.5) is 0 Å². The van der Waals surface area contributed by atoms with Gasteiger partial charge in [0, 0.05) is 54.6 Å². The van der Waals surface area contributed by atoms with Crippen molar-refractivity contribution in [3.8, 4) is 22.3 Å². The third-order valence-electron chi connectivity index (χ3n) is 7.53. The van der Waals surface area contributed by atoms with Crippen LogP contribution in [0.5, 0.6) is 0 Å². The molecule has 0 radical (unpaired) electrons. The van der Waals surface area contributed by atoms with Crippen molar-refractivity contribution in [3.63, 3.8) is 0 Å². The Kier molecular flexibility index (Phi) is 7.13. The van der Waals surface area contributed by atoms with Crippen molar-refractivity contribution in [2.75, 3.05) is 33.7 Å². The van der Waals surface area contributed by atoms with E-state index in [4.69, 9.17) is 4.98 Å². The first-order chi connectivity index (χ1) is 17.8. The number of benzene rings is 2. The molecule has 0 spiro atoms. The van der Waals surface area contributed by atoms with Gasteiger partial charge in [-0.25, -0.2) is 4.98 Å². The molecule has 37 heavy (non-hydrogen) atoms. The molecular formula is C31H36N4O2. The average molecular weight is 497 g/mol. The number of nitrogens with one attached hydrogen (secondary N) is 1. The Morgan fingerprint density at radius 3 is 2.62 bits per heavy atom. The van der Waals surface area contributed by atoms with E-state index in [1.165, 1.54) is 36.1 Å². The molecule has 192 valence electrons. The first-order valence-electron chi connectivity index (χ1n) is 13.1. The zero-order chi connectivity index (χ0) is 26.1. The molecule has 2 aromatic heterocycles. The molecule has 2 aromatic carbocycles. The van der Waals surface area contributed by atoms with Gasteiger partial charge in [-0.15, -0.1) is 0 Å². The van der Waals surface area contributed by atoms with Gasteiger partial charge < -0.3 is 19.9 Å². The molecule has 3 heterocycles. The summed E-state index contributed by atoms with van der Waals surface area (Å²) in [5, 5.41) is 10.6. The minimum absolute atomic E-state index is 0.103. The highest BCUT2D eigenvalue weighted by atomic mass is 16.3. The van der Waals surface area contributed by atoms with Crippen LogP contribution < -0.4 is 0 Å². The van der Waals surface area contributed by atoms with Gasteiger partial charge >= 0.3 is 0 Å². The number of likely N-dealkylation sites (N-methyl/N-ethyl adjacent to an activating group) is 2. The molecule has 5 rings (SSSR count). The normalized spacial score (nSPS) is 17.2. The average Bonchev–Trinajstić information content (AvgIpc) is 3.31. The quantitative estimate of drug-likeness (QED) is 0.371. The number of rotatable bonds is 6. The number of carbonyl (C=O) groups excluding carboxylic acids is 1. The minimum atomic E-state index is -0.560. The Balaban J connectivity index is 1.41. The summed E-state index contributed by atoms with van der Waals surface area (Å²) < 4.78 is 0. The van der Waals surface area contributed by atoms with E-state index in [1.807, 2.05) is 36.7 Å². The second-order valence-electron chi connectivity index (χ2n) is 10.6. The fourth-order valence-corrected chi connectivity index (χ4v) is 5.63. The van der Waals surface area contributed by atoms with Gasteiger partial charge in [0.25, 0.3) is 5.91 Å². The second-order valence-corrected chi connectivity index (χ2v) is 10.6.